The molecule has 64 valence electrons. The van der Waals surface area contributed by atoms with Gasteiger partial charge in [0.1, 0.15) is 0 Å². The molecular formula is C9H18OSi. The average Bonchev–Trinajstić information content (AvgIpc) is 2.12. The van der Waals surface area contributed by atoms with Crippen molar-refractivity contribution in [3.63, 3.8) is 0 Å². The lowest BCUT2D eigenvalue weighted by Crippen LogP contribution is -2.27. The summed E-state index contributed by atoms with van der Waals surface area (Å²) in [6, 6.07) is 1.23. The first-order valence-corrected chi connectivity index (χ1v) is 8.04. The fourth-order valence-corrected chi connectivity index (χ4v) is 3.43. The first-order valence-electron chi connectivity index (χ1n) is 4.34. The van der Waals surface area contributed by atoms with E-state index in [4.69, 9.17) is 0 Å². The van der Waals surface area contributed by atoms with Crippen LogP contribution >= 0.6 is 0 Å². The van der Waals surface area contributed by atoms with Crippen molar-refractivity contribution in [3.8, 4) is 0 Å². The molecule has 0 aliphatic heterocycles. The Morgan fingerprint density at radius 1 is 1.45 bits per heavy atom. The fraction of sp³-hybridized carbons (Fsp3) is 0.778. The molecule has 0 aromatic rings. The summed E-state index contributed by atoms with van der Waals surface area (Å²) in [5.74, 6) is 0.460. The van der Waals surface area contributed by atoms with Crippen LogP contribution in [0.15, 0.2) is 12.2 Å². The highest BCUT2D eigenvalue weighted by atomic mass is 28.3. The molecular weight excluding hydrogens is 152 g/mol. The largest absolute Gasteiger partial charge is 0.392 e. The molecule has 0 bridgehead atoms. The van der Waals surface area contributed by atoms with E-state index >= 15 is 0 Å². The lowest BCUT2D eigenvalue weighted by molar-refractivity contribution is 0.150. The summed E-state index contributed by atoms with van der Waals surface area (Å²) in [5.41, 5.74) is 0. The Bertz CT molecular complexity index is 157. The maximum atomic E-state index is 9.51. The van der Waals surface area contributed by atoms with Gasteiger partial charge in [0.15, 0.2) is 0 Å². The van der Waals surface area contributed by atoms with Gasteiger partial charge in [0, 0.05) is 14.0 Å². The molecule has 0 radical (unpaired) electrons. The van der Waals surface area contributed by atoms with Gasteiger partial charge in [0.2, 0.25) is 0 Å². The van der Waals surface area contributed by atoms with Crippen molar-refractivity contribution >= 4 is 8.07 Å². The molecule has 2 atom stereocenters. The number of hydrogen-bond acceptors (Lipinski definition) is 1. The second kappa shape index (κ2) is 3.11. The number of aliphatic hydroxyl groups excluding tert-OH is 1. The van der Waals surface area contributed by atoms with E-state index in [0.29, 0.717) is 5.92 Å². The summed E-state index contributed by atoms with van der Waals surface area (Å²) in [4.78, 5) is 0. The van der Waals surface area contributed by atoms with Crippen molar-refractivity contribution in [2.45, 2.75) is 38.2 Å². The van der Waals surface area contributed by atoms with Crippen LogP contribution in [0.4, 0.5) is 0 Å². The number of aliphatic hydroxyl groups is 1. The van der Waals surface area contributed by atoms with E-state index in [1.165, 1.54) is 6.04 Å². The molecule has 0 saturated heterocycles. The van der Waals surface area contributed by atoms with Crippen LogP contribution in [0.3, 0.4) is 0 Å². The maximum Gasteiger partial charge on any atom is 0.0634 e. The topological polar surface area (TPSA) is 20.2 Å². The van der Waals surface area contributed by atoms with Gasteiger partial charge < -0.3 is 5.11 Å². The standard InChI is InChI=1S/C9H18OSi/c1-11(2,3)7-8-5-4-6-9(8)10/h4-5,8-10H,6-7H2,1-3H3/t8-,9+/m1/s1. The highest BCUT2D eigenvalue weighted by molar-refractivity contribution is 6.76. The van der Waals surface area contributed by atoms with Gasteiger partial charge in [-0.15, -0.1) is 0 Å². The molecule has 0 unspecified atom stereocenters. The number of rotatable bonds is 2. The summed E-state index contributed by atoms with van der Waals surface area (Å²) in [7, 11) is -0.975. The van der Waals surface area contributed by atoms with Crippen LogP contribution in [-0.2, 0) is 0 Å². The third kappa shape index (κ3) is 2.79. The van der Waals surface area contributed by atoms with Crippen molar-refractivity contribution in [2.24, 2.45) is 5.92 Å². The van der Waals surface area contributed by atoms with Crippen molar-refractivity contribution < 1.29 is 5.11 Å². The van der Waals surface area contributed by atoms with Crippen LogP contribution in [0.2, 0.25) is 25.7 Å². The predicted octanol–water partition coefficient (Wildman–Crippen LogP) is 2.26. The summed E-state index contributed by atoms with van der Waals surface area (Å²) < 4.78 is 0. The zero-order valence-electron chi connectivity index (χ0n) is 7.67. The molecule has 0 aromatic heterocycles. The van der Waals surface area contributed by atoms with E-state index in [1.54, 1.807) is 0 Å². The van der Waals surface area contributed by atoms with Gasteiger partial charge in [-0.3, -0.25) is 0 Å². The molecule has 1 rings (SSSR count). The first kappa shape index (κ1) is 9.01. The number of hydrogen-bond donors (Lipinski definition) is 1. The Labute approximate surface area is 70.1 Å². The first-order chi connectivity index (χ1) is 4.99. The minimum atomic E-state index is -0.975. The molecule has 2 heteroatoms. The van der Waals surface area contributed by atoms with Gasteiger partial charge in [-0.2, -0.15) is 0 Å². The third-order valence-corrected chi connectivity index (χ3v) is 3.80. The van der Waals surface area contributed by atoms with Crippen LogP contribution in [-0.4, -0.2) is 19.3 Å². The molecule has 11 heavy (non-hydrogen) atoms. The Kier molecular flexibility index (Phi) is 2.55. The molecule has 1 N–H and O–H groups in total. The second-order valence-electron chi connectivity index (χ2n) is 4.66. The second-order valence-corrected chi connectivity index (χ2v) is 10.2. The van der Waals surface area contributed by atoms with Crippen LogP contribution < -0.4 is 0 Å². The molecule has 0 heterocycles. The van der Waals surface area contributed by atoms with Gasteiger partial charge in [-0.25, -0.2) is 0 Å². The van der Waals surface area contributed by atoms with Gasteiger partial charge in [0.25, 0.3) is 0 Å². The van der Waals surface area contributed by atoms with Crippen LogP contribution in [0.1, 0.15) is 6.42 Å². The van der Waals surface area contributed by atoms with Gasteiger partial charge >= 0.3 is 0 Å². The van der Waals surface area contributed by atoms with E-state index < -0.39 is 8.07 Å². The lowest BCUT2D eigenvalue weighted by Gasteiger charge is -2.22. The minimum Gasteiger partial charge on any atom is -0.392 e. The van der Waals surface area contributed by atoms with E-state index in [2.05, 4.69) is 31.8 Å². The van der Waals surface area contributed by atoms with Gasteiger partial charge in [-0.1, -0.05) is 31.8 Å². The van der Waals surface area contributed by atoms with Crippen LogP contribution in [0.25, 0.3) is 0 Å². The van der Waals surface area contributed by atoms with Crippen molar-refractivity contribution in [1.82, 2.24) is 0 Å². The summed E-state index contributed by atoms with van der Waals surface area (Å²) in [6.45, 7) is 7.06. The zero-order valence-corrected chi connectivity index (χ0v) is 8.67. The Hall–Kier alpha value is -0.0831. The maximum absolute atomic E-state index is 9.51. The highest BCUT2D eigenvalue weighted by Gasteiger charge is 2.26. The monoisotopic (exact) mass is 170 g/mol. The predicted molar refractivity (Wildman–Crippen MR) is 51.4 cm³/mol. The zero-order chi connectivity index (χ0) is 8.48. The van der Waals surface area contributed by atoms with E-state index in [9.17, 15) is 5.11 Å². The quantitative estimate of drug-likeness (QED) is 0.498. The fourth-order valence-electron chi connectivity index (χ4n) is 1.61. The van der Waals surface area contributed by atoms with E-state index in [1.807, 2.05) is 0 Å². The third-order valence-electron chi connectivity index (χ3n) is 2.10. The summed E-state index contributed by atoms with van der Waals surface area (Å²) in [6.07, 6.45) is 5.08. The molecule has 0 amide bonds. The summed E-state index contributed by atoms with van der Waals surface area (Å²) >= 11 is 0. The Balaban J connectivity index is 2.43. The van der Waals surface area contributed by atoms with Gasteiger partial charge in [0.05, 0.1) is 6.10 Å². The molecule has 1 aliphatic rings. The average molecular weight is 170 g/mol. The van der Waals surface area contributed by atoms with Crippen molar-refractivity contribution in [3.05, 3.63) is 12.2 Å². The Morgan fingerprint density at radius 3 is 2.45 bits per heavy atom. The van der Waals surface area contributed by atoms with E-state index in [0.717, 1.165) is 6.42 Å². The lowest BCUT2D eigenvalue weighted by atomic mass is 10.1. The van der Waals surface area contributed by atoms with Crippen LogP contribution in [0.5, 0.6) is 0 Å². The molecule has 1 aliphatic carbocycles. The van der Waals surface area contributed by atoms with Crippen LogP contribution in [0, 0.1) is 5.92 Å². The smallest absolute Gasteiger partial charge is 0.0634 e. The minimum absolute atomic E-state index is 0.0817. The van der Waals surface area contributed by atoms with Crippen molar-refractivity contribution in [2.75, 3.05) is 0 Å². The molecule has 0 fully saturated rings. The molecule has 0 saturated carbocycles. The normalized spacial score (nSPS) is 31.3. The Morgan fingerprint density at radius 2 is 2.09 bits per heavy atom. The molecule has 0 spiro atoms. The van der Waals surface area contributed by atoms with Gasteiger partial charge in [-0.05, 0) is 12.5 Å². The van der Waals surface area contributed by atoms with E-state index in [-0.39, 0.29) is 6.10 Å². The molecule has 0 aromatic carbocycles. The SMILES string of the molecule is C[Si](C)(C)C[C@H]1C=CC[C@@H]1O. The highest BCUT2D eigenvalue weighted by Crippen LogP contribution is 2.27. The molecule has 1 nitrogen and oxygen atoms in total. The summed E-state index contributed by atoms with van der Waals surface area (Å²) in [5, 5.41) is 9.51. The van der Waals surface area contributed by atoms with Crippen molar-refractivity contribution in [1.29, 1.82) is 0 Å².